The van der Waals surface area contributed by atoms with E-state index < -0.39 is 14.9 Å². The van der Waals surface area contributed by atoms with Crippen LogP contribution in [-0.4, -0.2) is 13.3 Å². The fourth-order valence-electron chi connectivity index (χ4n) is 1.72. The van der Waals surface area contributed by atoms with Crippen molar-refractivity contribution in [3.05, 3.63) is 64.2 Å². The average molecular weight is 292 g/mol. The lowest BCUT2D eigenvalue weighted by Crippen LogP contribution is -2.14. The van der Waals surface area contributed by atoms with Gasteiger partial charge < -0.3 is 0 Å². The first-order chi connectivity index (χ1) is 9.40. The highest BCUT2D eigenvalue weighted by Crippen LogP contribution is 2.21. The van der Waals surface area contributed by atoms with Gasteiger partial charge in [-0.1, -0.05) is 18.2 Å². The Bertz CT molecular complexity index is 739. The van der Waals surface area contributed by atoms with E-state index in [2.05, 4.69) is 4.72 Å². The van der Waals surface area contributed by atoms with Gasteiger partial charge in [0, 0.05) is 17.8 Å². The molecule has 0 spiro atoms. The Morgan fingerprint density at radius 1 is 1.05 bits per heavy atom. The number of hydrogen-bond acceptors (Lipinski definition) is 4. The van der Waals surface area contributed by atoms with E-state index in [1.807, 2.05) is 0 Å². The lowest BCUT2D eigenvalue weighted by molar-refractivity contribution is -0.384. The summed E-state index contributed by atoms with van der Waals surface area (Å²) in [4.78, 5) is 10.2. The molecule has 7 heteroatoms. The van der Waals surface area contributed by atoms with Gasteiger partial charge in [0.2, 0.25) is 0 Å². The highest BCUT2D eigenvalue weighted by atomic mass is 32.2. The van der Waals surface area contributed by atoms with Crippen molar-refractivity contribution in [2.45, 2.75) is 11.8 Å². The highest BCUT2D eigenvalue weighted by Gasteiger charge is 2.16. The summed E-state index contributed by atoms with van der Waals surface area (Å²) in [5.41, 5.74) is 0.810. The van der Waals surface area contributed by atoms with Gasteiger partial charge in [-0.2, -0.15) is 0 Å². The molecular weight excluding hydrogens is 280 g/mol. The topological polar surface area (TPSA) is 89.3 Å². The zero-order valence-electron chi connectivity index (χ0n) is 10.6. The Hall–Kier alpha value is -2.41. The Morgan fingerprint density at radius 2 is 1.65 bits per heavy atom. The number of benzene rings is 2. The van der Waals surface area contributed by atoms with Crippen molar-refractivity contribution >= 4 is 21.4 Å². The first kappa shape index (κ1) is 14.0. The zero-order chi connectivity index (χ0) is 14.8. The number of rotatable bonds is 4. The van der Waals surface area contributed by atoms with Gasteiger partial charge in [0.05, 0.1) is 9.82 Å². The maximum Gasteiger partial charge on any atom is 0.269 e. The molecule has 0 bridgehead atoms. The molecule has 0 aliphatic carbocycles. The Balaban J connectivity index is 2.29. The molecule has 0 atom stereocenters. The molecule has 6 nitrogen and oxygen atoms in total. The second-order valence-electron chi connectivity index (χ2n) is 4.17. The Labute approximate surface area is 116 Å². The van der Waals surface area contributed by atoms with Gasteiger partial charge in [0.1, 0.15) is 0 Å². The molecule has 0 aromatic heterocycles. The van der Waals surface area contributed by atoms with Crippen LogP contribution in [0.15, 0.2) is 53.4 Å². The standard InChI is InChI=1S/C13H12N2O4S/c1-10-4-2-3-5-13(10)20(18,19)14-11-6-8-12(9-7-11)15(16)17/h2-9,14H,1H3. The molecular formula is C13H12N2O4S. The molecule has 2 rings (SSSR count). The molecule has 104 valence electrons. The predicted molar refractivity (Wildman–Crippen MR) is 75.1 cm³/mol. The van der Waals surface area contributed by atoms with Crippen LogP contribution in [0.3, 0.4) is 0 Å². The maximum absolute atomic E-state index is 12.2. The largest absolute Gasteiger partial charge is 0.280 e. The third-order valence-corrected chi connectivity index (χ3v) is 4.25. The van der Waals surface area contributed by atoms with Crippen LogP contribution >= 0.6 is 0 Å². The maximum atomic E-state index is 12.2. The summed E-state index contributed by atoms with van der Waals surface area (Å²) in [6, 6.07) is 11.8. The zero-order valence-corrected chi connectivity index (χ0v) is 11.4. The van der Waals surface area contributed by atoms with E-state index in [1.165, 1.54) is 30.3 Å². The highest BCUT2D eigenvalue weighted by molar-refractivity contribution is 7.92. The quantitative estimate of drug-likeness (QED) is 0.693. The molecule has 0 radical (unpaired) electrons. The lowest BCUT2D eigenvalue weighted by atomic mass is 10.2. The summed E-state index contributed by atoms with van der Waals surface area (Å²) in [5, 5.41) is 10.5. The van der Waals surface area contributed by atoms with E-state index in [0.717, 1.165) is 0 Å². The third kappa shape index (κ3) is 2.94. The molecule has 20 heavy (non-hydrogen) atoms. The van der Waals surface area contributed by atoms with Gasteiger partial charge in [-0.3, -0.25) is 14.8 Å². The van der Waals surface area contributed by atoms with Crippen LogP contribution in [0.5, 0.6) is 0 Å². The molecule has 0 fully saturated rings. The molecule has 0 heterocycles. The summed E-state index contributed by atoms with van der Waals surface area (Å²) in [6.45, 7) is 1.70. The number of anilines is 1. The molecule has 0 amide bonds. The van der Waals surface area contributed by atoms with E-state index in [-0.39, 0.29) is 16.3 Å². The molecule has 0 aliphatic heterocycles. The number of aryl methyl sites for hydroxylation is 1. The van der Waals surface area contributed by atoms with E-state index in [1.54, 1.807) is 25.1 Å². The minimum absolute atomic E-state index is 0.0937. The van der Waals surface area contributed by atoms with Gasteiger partial charge in [0.15, 0.2) is 0 Å². The first-order valence-electron chi connectivity index (χ1n) is 5.73. The number of sulfonamides is 1. The van der Waals surface area contributed by atoms with Crippen LogP contribution in [0.2, 0.25) is 0 Å². The van der Waals surface area contributed by atoms with E-state index in [9.17, 15) is 18.5 Å². The minimum atomic E-state index is -3.70. The first-order valence-corrected chi connectivity index (χ1v) is 7.21. The molecule has 2 aromatic rings. The van der Waals surface area contributed by atoms with Crippen molar-refractivity contribution in [1.29, 1.82) is 0 Å². The smallest absolute Gasteiger partial charge is 0.269 e. The van der Waals surface area contributed by atoms with Gasteiger partial charge in [-0.05, 0) is 30.7 Å². The molecule has 0 saturated carbocycles. The Morgan fingerprint density at radius 3 is 2.20 bits per heavy atom. The van der Waals surface area contributed by atoms with Gasteiger partial charge >= 0.3 is 0 Å². The number of non-ortho nitro benzene ring substituents is 1. The SMILES string of the molecule is Cc1ccccc1S(=O)(=O)Nc1ccc([N+](=O)[O-])cc1. The summed E-state index contributed by atoms with van der Waals surface area (Å²) >= 11 is 0. The van der Waals surface area contributed by atoms with Crippen molar-refractivity contribution in [2.75, 3.05) is 4.72 Å². The third-order valence-electron chi connectivity index (χ3n) is 2.71. The minimum Gasteiger partial charge on any atom is -0.280 e. The second-order valence-corrected chi connectivity index (χ2v) is 5.83. The number of nitro benzene ring substituents is 1. The monoisotopic (exact) mass is 292 g/mol. The molecule has 2 aromatic carbocycles. The molecule has 0 aliphatic rings. The van der Waals surface area contributed by atoms with Crippen molar-refractivity contribution in [1.82, 2.24) is 0 Å². The lowest BCUT2D eigenvalue weighted by Gasteiger charge is -2.09. The molecule has 0 saturated heterocycles. The van der Waals surface area contributed by atoms with E-state index >= 15 is 0 Å². The van der Waals surface area contributed by atoms with E-state index in [0.29, 0.717) is 5.56 Å². The normalized spacial score (nSPS) is 11.1. The second kappa shape index (κ2) is 5.30. The Kier molecular flexibility index (Phi) is 3.71. The van der Waals surface area contributed by atoms with Gasteiger partial charge in [0.25, 0.3) is 15.7 Å². The molecule has 0 unspecified atom stereocenters. The van der Waals surface area contributed by atoms with Crippen LogP contribution < -0.4 is 4.72 Å². The van der Waals surface area contributed by atoms with Crippen molar-refractivity contribution < 1.29 is 13.3 Å². The van der Waals surface area contributed by atoms with Crippen LogP contribution in [0, 0.1) is 17.0 Å². The van der Waals surface area contributed by atoms with Crippen molar-refractivity contribution in [2.24, 2.45) is 0 Å². The number of hydrogen-bond donors (Lipinski definition) is 1. The van der Waals surface area contributed by atoms with Crippen LogP contribution in [-0.2, 0) is 10.0 Å². The fourth-order valence-corrected chi connectivity index (χ4v) is 3.03. The number of nitrogens with one attached hydrogen (secondary N) is 1. The summed E-state index contributed by atoms with van der Waals surface area (Å²) < 4.78 is 26.8. The number of nitrogens with zero attached hydrogens (tertiary/aromatic N) is 1. The summed E-state index contributed by atoms with van der Waals surface area (Å²) in [5.74, 6) is 0. The van der Waals surface area contributed by atoms with Gasteiger partial charge in [-0.25, -0.2) is 8.42 Å². The summed E-state index contributed by atoms with van der Waals surface area (Å²) in [6.07, 6.45) is 0. The van der Waals surface area contributed by atoms with E-state index in [4.69, 9.17) is 0 Å². The van der Waals surface area contributed by atoms with Crippen LogP contribution in [0.1, 0.15) is 5.56 Å². The van der Waals surface area contributed by atoms with Gasteiger partial charge in [-0.15, -0.1) is 0 Å². The van der Waals surface area contributed by atoms with Crippen molar-refractivity contribution in [3.63, 3.8) is 0 Å². The fraction of sp³-hybridized carbons (Fsp3) is 0.0769. The predicted octanol–water partition coefficient (Wildman–Crippen LogP) is 2.70. The summed E-state index contributed by atoms with van der Waals surface area (Å²) in [7, 11) is -3.70. The van der Waals surface area contributed by atoms with Crippen LogP contribution in [0.4, 0.5) is 11.4 Å². The van der Waals surface area contributed by atoms with Crippen LogP contribution in [0.25, 0.3) is 0 Å². The van der Waals surface area contributed by atoms with Crippen molar-refractivity contribution in [3.8, 4) is 0 Å². The number of nitro groups is 1. The molecule has 1 N–H and O–H groups in total. The average Bonchev–Trinajstić information content (AvgIpc) is 2.39.